The number of rotatable bonds is 3. The molecule has 1 aromatic carbocycles. The van der Waals surface area contributed by atoms with Gasteiger partial charge in [0.2, 0.25) is 0 Å². The van der Waals surface area contributed by atoms with Gasteiger partial charge in [0.25, 0.3) is 0 Å². The Bertz CT molecular complexity index is 501. The smallest absolute Gasteiger partial charge is 0.0726 e. The van der Waals surface area contributed by atoms with Crippen molar-refractivity contribution in [1.82, 2.24) is 10.6 Å². The minimum atomic E-state index is -0.579. The van der Waals surface area contributed by atoms with Crippen LogP contribution in [0.1, 0.15) is 30.9 Å². The van der Waals surface area contributed by atoms with Crippen LogP contribution >= 0.6 is 0 Å². The number of hydrogen-bond donors (Lipinski definition) is 3. The van der Waals surface area contributed by atoms with Crippen LogP contribution < -0.4 is 10.6 Å². The fourth-order valence-corrected chi connectivity index (χ4v) is 3.03. The third kappa shape index (κ3) is 2.94. The van der Waals surface area contributed by atoms with Gasteiger partial charge in [-0.2, -0.15) is 0 Å². The lowest BCUT2D eigenvalue weighted by molar-refractivity contribution is 0.00945. The number of hydrogen-bond acceptors (Lipinski definition) is 3. The van der Waals surface area contributed by atoms with Crippen molar-refractivity contribution in [1.29, 1.82) is 0 Å². The van der Waals surface area contributed by atoms with Crippen molar-refractivity contribution in [2.45, 2.75) is 30.9 Å². The summed E-state index contributed by atoms with van der Waals surface area (Å²) in [6.07, 6.45) is 9.33. The Morgan fingerprint density at radius 2 is 1.95 bits per heavy atom. The van der Waals surface area contributed by atoms with Crippen LogP contribution in [-0.4, -0.2) is 23.8 Å². The second-order valence-electron chi connectivity index (χ2n) is 5.69. The van der Waals surface area contributed by atoms with E-state index in [0.29, 0.717) is 6.42 Å². The lowest BCUT2D eigenvalue weighted by Crippen LogP contribution is -2.43. The van der Waals surface area contributed by atoms with Gasteiger partial charge in [-0.25, -0.2) is 0 Å². The van der Waals surface area contributed by atoms with E-state index in [9.17, 15) is 5.11 Å². The van der Waals surface area contributed by atoms with Gasteiger partial charge in [0.15, 0.2) is 0 Å². The maximum atomic E-state index is 10.7. The molecule has 2 aliphatic heterocycles. The Balaban J connectivity index is 1.79. The number of piperidine rings is 1. The third-order valence-corrected chi connectivity index (χ3v) is 4.17. The Labute approximate surface area is 120 Å². The van der Waals surface area contributed by atoms with Crippen molar-refractivity contribution in [2.24, 2.45) is 0 Å². The monoisotopic (exact) mass is 269 g/mol. The summed E-state index contributed by atoms with van der Waals surface area (Å²) < 4.78 is 0. The normalized spacial score (nSPS) is 24.9. The highest BCUT2D eigenvalue weighted by Gasteiger charge is 2.32. The zero-order chi connectivity index (χ0) is 13.8. The van der Waals surface area contributed by atoms with Gasteiger partial charge in [0.05, 0.1) is 11.6 Å². The van der Waals surface area contributed by atoms with E-state index in [1.54, 1.807) is 0 Å². The fraction of sp³-hybridized carbons (Fsp3) is 0.412. The molecule has 2 aliphatic rings. The van der Waals surface area contributed by atoms with Crippen LogP contribution in [0.5, 0.6) is 0 Å². The predicted octanol–water partition coefficient (Wildman–Crippen LogP) is 2.08. The minimum Gasteiger partial charge on any atom is -0.389 e. The topological polar surface area (TPSA) is 44.3 Å². The molecule has 0 spiro atoms. The van der Waals surface area contributed by atoms with Gasteiger partial charge in [0.1, 0.15) is 0 Å². The van der Waals surface area contributed by atoms with Gasteiger partial charge >= 0.3 is 0 Å². The zero-order valence-electron chi connectivity index (χ0n) is 11.6. The van der Waals surface area contributed by atoms with Crippen LogP contribution in [-0.2, 0) is 0 Å². The van der Waals surface area contributed by atoms with Gasteiger partial charge in [-0.15, -0.1) is 0 Å². The van der Waals surface area contributed by atoms with E-state index in [-0.39, 0.29) is 6.04 Å². The van der Waals surface area contributed by atoms with Crippen molar-refractivity contribution >= 4 is 0 Å². The summed E-state index contributed by atoms with van der Waals surface area (Å²) in [5, 5.41) is 17.4. The number of dihydropyridines is 1. The SMILES string of the molecule is OC1(CC2=C[C]=CNC2c2ccccc2)CCNCC1. The van der Waals surface area contributed by atoms with E-state index < -0.39 is 5.60 Å². The van der Waals surface area contributed by atoms with Crippen LogP contribution in [0.4, 0.5) is 0 Å². The van der Waals surface area contributed by atoms with Crippen molar-refractivity contribution in [3.8, 4) is 0 Å². The zero-order valence-corrected chi connectivity index (χ0v) is 11.6. The van der Waals surface area contributed by atoms with E-state index in [4.69, 9.17) is 0 Å². The fourth-order valence-electron chi connectivity index (χ4n) is 3.03. The summed E-state index contributed by atoms with van der Waals surface area (Å²) in [5.74, 6) is 0. The van der Waals surface area contributed by atoms with Gasteiger partial charge in [-0.05, 0) is 49.6 Å². The molecule has 3 rings (SSSR count). The van der Waals surface area contributed by atoms with Crippen LogP contribution in [0.25, 0.3) is 0 Å². The first-order valence-corrected chi connectivity index (χ1v) is 7.28. The summed E-state index contributed by atoms with van der Waals surface area (Å²) in [6.45, 7) is 1.79. The molecule has 0 bridgehead atoms. The molecule has 0 saturated carbocycles. The highest BCUT2D eigenvalue weighted by Crippen LogP contribution is 2.33. The molecule has 3 heteroatoms. The standard InChI is InChI=1S/C17H21N2O/c20-17(8-11-18-12-9-17)13-15-7-4-10-19-16(15)14-5-2-1-3-6-14/h1-3,5-7,10,16,18-20H,8-9,11-13H2. The average Bonchev–Trinajstić information content (AvgIpc) is 2.49. The Hall–Kier alpha value is -1.58. The largest absolute Gasteiger partial charge is 0.389 e. The highest BCUT2D eigenvalue weighted by atomic mass is 16.3. The Morgan fingerprint density at radius 3 is 2.70 bits per heavy atom. The molecule has 3 N–H and O–H groups in total. The second-order valence-corrected chi connectivity index (χ2v) is 5.69. The average molecular weight is 269 g/mol. The highest BCUT2D eigenvalue weighted by molar-refractivity contribution is 5.32. The first kappa shape index (κ1) is 13.4. The van der Waals surface area contributed by atoms with E-state index >= 15 is 0 Å². The number of nitrogens with one attached hydrogen (secondary N) is 2. The summed E-state index contributed by atoms with van der Waals surface area (Å²) >= 11 is 0. The molecule has 1 unspecified atom stereocenters. The molecule has 3 nitrogen and oxygen atoms in total. The third-order valence-electron chi connectivity index (χ3n) is 4.17. The minimum absolute atomic E-state index is 0.149. The van der Waals surface area contributed by atoms with E-state index in [0.717, 1.165) is 25.9 Å². The number of benzene rings is 1. The Morgan fingerprint density at radius 1 is 1.20 bits per heavy atom. The van der Waals surface area contributed by atoms with Crippen molar-refractivity contribution in [2.75, 3.05) is 13.1 Å². The second kappa shape index (κ2) is 5.81. The first-order valence-electron chi connectivity index (χ1n) is 7.28. The molecule has 1 aromatic rings. The summed E-state index contributed by atoms with van der Waals surface area (Å²) in [6, 6.07) is 10.5. The lowest BCUT2D eigenvalue weighted by Gasteiger charge is -2.36. The van der Waals surface area contributed by atoms with Gasteiger partial charge in [-0.1, -0.05) is 36.4 Å². The molecule has 0 aliphatic carbocycles. The molecular weight excluding hydrogens is 248 g/mol. The molecule has 0 amide bonds. The van der Waals surface area contributed by atoms with Crippen molar-refractivity contribution < 1.29 is 5.11 Å². The van der Waals surface area contributed by atoms with Crippen LogP contribution in [0.15, 0.2) is 48.2 Å². The van der Waals surface area contributed by atoms with Gasteiger partial charge in [0, 0.05) is 6.20 Å². The molecule has 1 atom stereocenters. The van der Waals surface area contributed by atoms with E-state index in [1.807, 2.05) is 18.3 Å². The van der Waals surface area contributed by atoms with Gasteiger partial charge < -0.3 is 15.7 Å². The quantitative estimate of drug-likeness (QED) is 0.787. The molecular formula is C17H21N2O. The van der Waals surface area contributed by atoms with Crippen LogP contribution in [0.2, 0.25) is 0 Å². The first-order chi connectivity index (χ1) is 9.77. The summed E-state index contributed by atoms with van der Waals surface area (Å²) in [7, 11) is 0. The lowest BCUT2D eigenvalue weighted by atomic mass is 9.82. The van der Waals surface area contributed by atoms with Crippen molar-refractivity contribution in [3.05, 3.63) is 59.8 Å². The molecule has 1 fully saturated rings. The molecule has 1 saturated heterocycles. The molecule has 105 valence electrons. The maximum absolute atomic E-state index is 10.7. The molecule has 0 aromatic heterocycles. The molecule has 1 radical (unpaired) electrons. The van der Waals surface area contributed by atoms with E-state index in [1.165, 1.54) is 11.1 Å². The number of allylic oxidation sites excluding steroid dienone is 2. The number of aliphatic hydroxyl groups is 1. The maximum Gasteiger partial charge on any atom is 0.0726 e. The van der Waals surface area contributed by atoms with Gasteiger partial charge in [-0.3, -0.25) is 0 Å². The van der Waals surface area contributed by atoms with E-state index in [2.05, 4.69) is 41.0 Å². The summed E-state index contributed by atoms with van der Waals surface area (Å²) in [4.78, 5) is 0. The van der Waals surface area contributed by atoms with Crippen LogP contribution in [0.3, 0.4) is 0 Å². The van der Waals surface area contributed by atoms with Crippen molar-refractivity contribution in [3.63, 3.8) is 0 Å². The summed E-state index contributed by atoms with van der Waals surface area (Å²) in [5.41, 5.74) is 1.86. The van der Waals surface area contributed by atoms with Crippen LogP contribution in [0, 0.1) is 6.08 Å². The predicted molar refractivity (Wildman–Crippen MR) is 79.9 cm³/mol. The Kier molecular flexibility index (Phi) is 3.90. The molecule has 2 heterocycles. The molecule has 20 heavy (non-hydrogen) atoms.